The standard InChI is InChI=1S/C27H23Cl2FN4O4/c1-38-21-9-13(17(31)8-14(21)25(35)36)18-10-20-24(32-18)22(12-3-2-4-16(29)23(12)30)27(34-20)15-6-5-11(28)7-19(15)33-26(27)37/h2-9,18,20,22,24,32,34H,10,31H2,1H3,(H,33,37)(H,35,36)/t18?,20-,22-,24+,27+/m0/s1. The maximum absolute atomic E-state index is 15.6. The summed E-state index contributed by atoms with van der Waals surface area (Å²) in [6.07, 6.45) is 0.501. The number of carboxylic acids is 1. The van der Waals surface area contributed by atoms with E-state index in [-0.39, 0.29) is 34.3 Å². The molecule has 0 bridgehead atoms. The number of aromatic carboxylic acids is 1. The van der Waals surface area contributed by atoms with Crippen molar-refractivity contribution in [1.82, 2.24) is 10.6 Å². The predicted molar refractivity (Wildman–Crippen MR) is 141 cm³/mol. The molecule has 6 N–H and O–H groups in total. The minimum absolute atomic E-state index is 0.0383. The highest BCUT2D eigenvalue weighted by Gasteiger charge is 2.64. The Morgan fingerprint density at radius 1 is 1.18 bits per heavy atom. The summed E-state index contributed by atoms with van der Waals surface area (Å²) in [6, 6.07) is 12.0. The number of halogens is 3. The molecule has 1 spiro atoms. The predicted octanol–water partition coefficient (Wildman–Crippen LogP) is 4.43. The van der Waals surface area contributed by atoms with E-state index in [1.54, 1.807) is 36.4 Å². The first-order valence-corrected chi connectivity index (χ1v) is 12.7. The first-order chi connectivity index (χ1) is 18.1. The molecule has 3 heterocycles. The number of fused-ring (bicyclic) bond motifs is 3. The number of benzene rings is 3. The van der Waals surface area contributed by atoms with Crippen LogP contribution in [0.4, 0.5) is 15.8 Å². The summed E-state index contributed by atoms with van der Waals surface area (Å²) in [4.78, 5) is 25.3. The molecular formula is C27H23Cl2FN4O4. The Hall–Kier alpha value is -3.37. The molecule has 2 fully saturated rings. The molecule has 11 heteroatoms. The number of carbonyl (C=O) groups excluding carboxylic acids is 1. The van der Waals surface area contributed by atoms with Crippen molar-refractivity contribution in [3.63, 3.8) is 0 Å². The average Bonchev–Trinajstić information content (AvgIpc) is 3.50. The summed E-state index contributed by atoms with van der Waals surface area (Å²) < 4.78 is 20.9. The minimum Gasteiger partial charge on any atom is -0.496 e. The lowest BCUT2D eigenvalue weighted by molar-refractivity contribution is -0.122. The van der Waals surface area contributed by atoms with Crippen LogP contribution in [0.25, 0.3) is 0 Å². The van der Waals surface area contributed by atoms with E-state index >= 15 is 4.39 Å². The molecule has 0 radical (unpaired) electrons. The molecule has 2 saturated heterocycles. The van der Waals surface area contributed by atoms with Gasteiger partial charge in [0.15, 0.2) is 0 Å². The molecule has 3 aliphatic rings. The van der Waals surface area contributed by atoms with Gasteiger partial charge in [0.2, 0.25) is 5.91 Å². The smallest absolute Gasteiger partial charge is 0.339 e. The molecule has 0 aromatic heterocycles. The molecule has 6 rings (SSSR count). The highest BCUT2D eigenvalue weighted by atomic mass is 35.5. The third-order valence-corrected chi connectivity index (χ3v) is 8.42. The monoisotopic (exact) mass is 556 g/mol. The Bertz CT molecular complexity index is 1520. The molecule has 5 atom stereocenters. The van der Waals surface area contributed by atoms with Gasteiger partial charge in [0.05, 0.1) is 12.1 Å². The number of nitrogens with two attached hydrogens (primary N) is 1. The highest BCUT2D eigenvalue weighted by Crippen LogP contribution is 2.55. The van der Waals surface area contributed by atoms with Crippen LogP contribution in [0, 0.1) is 5.82 Å². The molecule has 8 nitrogen and oxygen atoms in total. The van der Waals surface area contributed by atoms with Crippen molar-refractivity contribution >= 4 is 46.5 Å². The van der Waals surface area contributed by atoms with Gasteiger partial charge in [-0.3, -0.25) is 10.1 Å². The summed E-state index contributed by atoms with van der Waals surface area (Å²) in [5.41, 5.74) is 7.47. The van der Waals surface area contributed by atoms with Crippen LogP contribution in [-0.2, 0) is 10.3 Å². The Kier molecular flexibility index (Phi) is 5.80. The lowest BCUT2D eigenvalue weighted by Gasteiger charge is -2.34. The van der Waals surface area contributed by atoms with Crippen LogP contribution in [0.1, 0.15) is 45.4 Å². The van der Waals surface area contributed by atoms with Gasteiger partial charge >= 0.3 is 5.97 Å². The quantitative estimate of drug-likeness (QED) is 0.301. The van der Waals surface area contributed by atoms with E-state index in [4.69, 9.17) is 33.7 Å². The number of anilines is 2. The average molecular weight is 557 g/mol. The topological polar surface area (TPSA) is 126 Å². The zero-order chi connectivity index (χ0) is 26.9. The Labute approximate surface area is 227 Å². The van der Waals surface area contributed by atoms with Crippen molar-refractivity contribution in [2.75, 3.05) is 18.2 Å². The van der Waals surface area contributed by atoms with Gasteiger partial charge in [-0.2, -0.15) is 0 Å². The molecule has 1 unspecified atom stereocenters. The number of hydrogen-bond donors (Lipinski definition) is 5. The summed E-state index contributed by atoms with van der Waals surface area (Å²) in [6.45, 7) is 0. The summed E-state index contributed by atoms with van der Waals surface area (Å²) in [7, 11) is 1.39. The second-order valence-corrected chi connectivity index (χ2v) is 10.6. The fourth-order valence-electron chi connectivity index (χ4n) is 6.36. The third-order valence-electron chi connectivity index (χ3n) is 7.90. The van der Waals surface area contributed by atoms with E-state index in [0.29, 0.717) is 39.5 Å². The maximum Gasteiger partial charge on any atom is 0.339 e. The number of nitrogens with one attached hydrogen (secondary N) is 3. The molecule has 1 amide bonds. The molecule has 0 saturated carbocycles. The number of amides is 1. The van der Waals surface area contributed by atoms with Crippen molar-refractivity contribution < 1.29 is 23.8 Å². The van der Waals surface area contributed by atoms with Crippen LogP contribution in [0.5, 0.6) is 5.75 Å². The van der Waals surface area contributed by atoms with Gasteiger partial charge in [0, 0.05) is 46.0 Å². The lowest BCUT2D eigenvalue weighted by atomic mass is 9.74. The van der Waals surface area contributed by atoms with Gasteiger partial charge in [-0.1, -0.05) is 41.4 Å². The van der Waals surface area contributed by atoms with Gasteiger partial charge in [-0.25, -0.2) is 9.18 Å². The van der Waals surface area contributed by atoms with Crippen molar-refractivity contribution in [2.24, 2.45) is 0 Å². The van der Waals surface area contributed by atoms with E-state index in [1.165, 1.54) is 19.2 Å². The Morgan fingerprint density at radius 3 is 2.71 bits per heavy atom. The minimum atomic E-state index is -1.27. The molecule has 3 aromatic rings. The number of ether oxygens (including phenoxy) is 1. The largest absolute Gasteiger partial charge is 0.496 e. The molecule has 38 heavy (non-hydrogen) atoms. The second-order valence-electron chi connectivity index (χ2n) is 9.79. The lowest BCUT2D eigenvalue weighted by Crippen LogP contribution is -2.50. The number of rotatable bonds is 4. The van der Waals surface area contributed by atoms with Crippen molar-refractivity contribution in [3.05, 3.63) is 86.6 Å². The Balaban J connectivity index is 1.46. The summed E-state index contributed by atoms with van der Waals surface area (Å²) in [5.74, 6) is -2.54. The first kappa shape index (κ1) is 24.9. The zero-order valence-electron chi connectivity index (χ0n) is 20.0. The number of hydrogen-bond acceptors (Lipinski definition) is 6. The number of methoxy groups -OCH3 is 1. The zero-order valence-corrected chi connectivity index (χ0v) is 21.5. The first-order valence-electron chi connectivity index (χ1n) is 12.0. The van der Waals surface area contributed by atoms with Crippen molar-refractivity contribution in [1.29, 1.82) is 0 Å². The number of carboxylic acid groups (broad SMARTS) is 1. The number of carbonyl (C=O) groups is 2. The van der Waals surface area contributed by atoms with Crippen LogP contribution in [0.3, 0.4) is 0 Å². The normalized spacial score (nSPS) is 27.3. The fourth-order valence-corrected chi connectivity index (χ4v) is 6.71. The van der Waals surface area contributed by atoms with Gasteiger partial charge < -0.3 is 26.2 Å². The number of nitrogen functional groups attached to an aromatic ring is 1. The third kappa shape index (κ3) is 3.50. The van der Waals surface area contributed by atoms with Crippen LogP contribution >= 0.6 is 23.2 Å². The van der Waals surface area contributed by atoms with Gasteiger partial charge in [-0.15, -0.1) is 0 Å². The van der Waals surface area contributed by atoms with Crippen LogP contribution in [-0.4, -0.2) is 36.2 Å². The Morgan fingerprint density at radius 2 is 1.97 bits per heavy atom. The van der Waals surface area contributed by atoms with Crippen LogP contribution < -0.4 is 26.4 Å². The van der Waals surface area contributed by atoms with Crippen LogP contribution in [0.2, 0.25) is 10.0 Å². The van der Waals surface area contributed by atoms with Crippen molar-refractivity contribution in [3.8, 4) is 5.75 Å². The molecule has 196 valence electrons. The molecule has 3 aliphatic heterocycles. The van der Waals surface area contributed by atoms with Gasteiger partial charge in [-0.05, 0) is 47.9 Å². The second kappa shape index (κ2) is 8.84. The van der Waals surface area contributed by atoms with E-state index < -0.39 is 29.3 Å². The van der Waals surface area contributed by atoms with Crippen molar-refractivity contribution in [2.45, 2.75) is 36.0 Å². The fraction of sp³-hybridized carbons (Fsp3) is 0.259. The molecular weight excluding hydrogens is 534 g/mol. The maximum atomic E-state index is 15.6. The summed E-state index contributed by atoms with van der Waals surface area (Å²) >= 11 is 12.4. The van der Waals surface area contributed by atoms with E-state index in [0.717, 1.165) is 0 Å². The molecule has 3 aromatic carbocycles. The molecule has 0 aliphatic carbocycles. The van der Waals surface area contributed by atoms with E-state index in [9.17, 15) is 14.7 Å². The van der Waals surface area contributed by atoms with E-state index in [2.05, 4.69) is 16.0 Å². The summed E-state index contributed by atoms with van der Waals surface area (Å²) in [5, 5.41) is 19.9. The van der Waals surface area contributed by atoms with Gasteiger partial charge in [0.25, 0.3) is 0 Å². The van der Waals surface area contributed by atoms with Gasteiger partial charge in [0.1, 0.15) is 22.7 Å². The van der Waals surface area contributed by atoms with Crippen LogP contribution in [0.15, 0.2) is 48.5 Å². The SMILES string of the molecule is COc1cc(C2C[C@@H]3N[C@@]4(C(=O)Nc5cc(Cl)ccc54)[C@@H](c4cccc(Cl)c4F)[C@@H]3N2)c(N)cc1C(=O)O. The highest BCUT2D eigenvalue weighted by molar-refractivity contribution is 6.31. The van der Waals surface area contributed by atoms with E-state index in [1.807, 2.05) is 0 Å².